The van der Waals surface area contributed by atoms with E-state index in [-0.39, 0.29) is 176 Å². The van der Waals surface area contributed by atoms with Gasteiger partial charge in [-0.25, -0.2) is 0 Å². The molecule has 7 aromatic carbocycles. The van der Waals surface area contributed by atoms with Crippen molar-refractivity contribution in [3.63, 3.8) is 0 Å². The monoisotopic (exact) mass is 1860 g/mol. The Bertz CT molecular complexity index is 3310. The molecule has 0 spiro atoms. The number of carbonyl (C=O) groups excluding carboxylic acids is 2. The van der Waals surface area contributed by atoms with E-state index in [1.807, 2.05) is 146 Å². The van der Waals surface area contributed by atoms with Gasteiger partial charge in [0.25, 0.3) is 0 Å². The Kier molecular flexibility index (Phi) is 136. The summed E-state index contributed by atoms with van der Waals surface area (Å²) in [6, 6.07) is 54.9. The minimum absolute atomic E-state index is 0. The molecule has 0 heterocycles. The van der Waals surface area contributed by atoms with Crippen LogP contribution in [0.2, 0.25) is 0 Å². The van der Waals surface area contributed by atoms with E-state index < -0.39 is 5.97 Å². The van der Waals surface area contributed by atoms with Crippen molar-refractivity contribution in [1.29, 1.82) is 0 Å². The summed E-state index contributed by atoms with van der Waals surface area (Å²) >= 11 is 0. The van der Waals surface area contributed by atoms with Crippen molar-refractivity contribution in [3.05, 3.63) is 209 Å². The summed E-state index contributed by atoms with van der Waals surface area (Å²) in [7, 11) is 1.41. The quantitative estimate of drug-likeness (QED) is 0.0172. The van der Waals surface area contributed by atoms with Crippen molar-refractivity contribution in [1.82, 2.24) is 0 Å². The average Bonchev–Trinajstić information content (AvgIpc) is 0.872. The van der Waals surface area contributed by atoms with E-state index in [9.17, 15) is 14.4 Å². The second-order valence-corrected chi connectivity index (χ2v) is 29.3. The summed E-state index contributed by atoms with van der Waals surface area (Å²) in [5.41, 5.74) is 9.26. The Morgan fingerprint density at radius 3 is 0.656 bits per heavy atom. The molecule has 778 valence electrons. The lowest BCUT2D eigenvalue weighted by atomic mass is 9.99. The Morgan fingerprint density at radius 2 is 0.489 bits per heavy atom. The van der Waals surface area contributed by atoms with Crippen LogP contribution in [-0.2, 0) is 33.3 Å². The van der Waals surface area contributed by atoms with Gasteiger partial charge in [0.05, 0.1) is 25.6 Å². The highest BCUT2D eigenvalue weighted by molar-refractivity contribution is 5.71. The molecule has 0 amide bonds. The zero-order valence-electron chi connectivity index (χ0n) is 74.6. The number of rotatable bonds is 33. The lowest BCUT2D eigenvalue weighted by Gasteiger charge is -2.17. The van der Waals surface area contributed by atoms with Crippen LogP contribution in [0.25, 0.3) is 0 Å². The van der Waals surface area contributed by atoms with Gasteiger partial charge in [0, 0.05) is 26.6 Å². The first kappa shape index (κ1) is 172. The average molecular weight is 1860 g/mol. The zero-order chi connectivity index (χ0) is 86.0. The van der Waals surface area contributed by atoms with E-state index in [1.165, 1.54) is 53.0 Å². The molecule has 0 aliphatic heterocycles. The molecule has 15 nitrogen and oxygen atoms in total. The number of benzene rings is 7. The predicted molar refractivity (Wildman–Crippen MR) is 591 cm³/mol. The van der Waals surface area contributed by atoms with E-state index in [4.69, 9.17) is 53.6 Å². The molecule has 0 aliphatic rings. The first-order chi connectivity index (χ1) is 53.6. The number of aromatic hydroxyl groups is 3. The fourth-order valence-corrected chi connectivity index (χ4v) is 9.84. The second kappa shape index (κ2) is 104. The van der Waals surface area contributed by atoms with Crippen LogP contribution in [0, 0.1) is 17.8 Å². The Balaban J connectivity index is -0.0000000584. The molecule has 7 aromatic rings. The van der Waals surface area contributed by atoms with Crippen molar-refractivity contribution in [2.24, 2.45) is 17.8 Å². The Labute approximate surface area is 818 Å². The first-order valence-electron chi connectivity index (χ1n) is 41.7. The van der Waals surface area contributed by atoms with Crippen LogP contribution >= 0.6 is 0 Å². The van der Waals surface area contributed by atoms with Gasteiger partial charge in [-0.05, 0) is 257 Å². The van der Waals surface area contributed by atoms with Crippen LogP contribution in [0.4, 0.5) is 0 Å². The maximum absolute atomic E-state index is 10.7. The summed E-state index contributed by atoms with van der Waals surface area (Å²) in [5, 5.41) is 35.2. The third-order valence-corrected chi connectivity index (χ3v) is 19.6. The van der Waals surface area contributed by atoms with Gasteiger partial charge in [-0.1, -0.05) is 364 Å². The van der Waals surface area contributed by atoms with Gasteiger partial charge < -0.3 is 58.3 Å². The van der Waals surface area contributed by atoms with Gasteiger partial charge in [-0.3, -0.25) is 14.4 Å². The third kappa shape index (κ3) is 81.0. The molecule has 7 rings (SSSR count). The summed E-state index contributed by atoms with van der Waals surface area (Å²) in [6.45, 7) is 55.7. The standard InChI is InChI=1S/C16H26O2.C15H24O2.C14H22O2.C12H16O2.3C10H14O.C6H12O2.C5H10O2.18CH4/c1-6-13(4)15-7-9-16(10-8-15)18-14(5)17-11-12(2)3;1-5-12(4)13-8-10-14(11-9-13)17-15(6-2)16-7-3;1-5-11(3)13-7-9-14(10-8-13)16-12(4)15-6-2;1-4-9(2)11-5-7-12(8-6-11)14-10(3)13;3*1-3-8(2)9-4-6-10(11)7-5-9;1-4-5(2)6(7)8-3;1-3-4(2)5(6)7;;;;;;;;;;;;;;;;;;/h7-10,12-14H,6,11H2,1-5H3;8-12,15H,5-7H2,1-4H3;7-12H,5-6H2,1-4H3;5-9H,4H2,1-3H3;3*4-8,11H,3H2,1-2H3;5H,4H2,1-3H3;4H,3H2,1-2H3,(H,6,7);18*1H4. The highest BCUT2D eigenvalue weighted by Crippen LogP contribution is 2.28. The molecular weight excluding hydrogens is 1630 g/mol. The highest BCUT2D eigenvalue weighted by atomic mass is 16.7. The maximum Gasteiger partial charge on any atom is 0.308 e. The summed E-state index contributed by atoms with van der Waals surface area (Å²) in [6.07, 6.45) is 9.96. The minimum Gasteiger partial charge on any atom is -0.508 e. The van der Waals surface area contributed by atoms with E-state index in [1.54, 1.807) is 43.3 Å². The predicted octanol–water partition coefficient (Wildman–Crippen LogP) is 38.5. The largest absolute Gasteiger partial charge is 0.508 e. The van der Waals surface area contributed by atoms with Gasteiger partial charge in [0.1, 0.15) is 40.2 Å². The number of hydrogen-bond acceptors (Lipinski definition) is 14. The molecule has 0 saturated heterocycles. The lowest BCUT2D eigenvalue weighted by molar-refractivity contribution is -0.145. The van der Waals surface area contributed by atoms with Gasteiger partial charge in [-0.15, -0.1) is 0 Å². The van der Waals surface area contributed by atoms with Crippen molar-refractivity contribution < 1.29 is 72.7 Å². The number of phenols is 3. The number of phenolic OH excluding ortho intramolecular Hbond substituents is 3. The molecule has 0 aromatic heterocycles. The third-order valence-electron chi connectivity index (χ3n) is 19.6. The van der Waals surface area contributed by atoms with E-state index >= 15 is 0 Å². The van der Waals surface area contributed by atoms with Crippen LogP contribution in [0.5, 0.6) is 40.2 Å². The van der Waals surface area contributed by atoms with Crippen LogP contribution < -0.4 is 18.9 Å². The zero-order valence-corrected chi connectivity index (χ0v) is 74.6. The van der Waals surface area contributed by atoms with Crippen molar-refractivity contribution in [3.8, 4) is 40.2 Å². The van der Waals surface area contributed by atoms with Crippen molar-refractivity contribution >= 4 is 17.9 Å². The number of hydrogen-bond donors (Lipinski definition) is 4. The lowest BCUT2D eigenvalue weighted by Crippen LogP contribution is -2.19. The van der Waals surface area contributed by atoms with Crippen LogP contribution in [-0.4, -0.2) is 84.1 Å². The Hall–Kier alpha value is -8.37. The molecule has 12 unspecified atom stereocenters. The second-order valence-electron chi connectivity index (χ2n) is 29.3. The normalized spacial score (nSPS) is 11.7. The molecule has 12 atom stereocenters. The Morgan fingerprint density at radius 1 is 0.275 bits per heavy atom. The fraction of sp³-hybridized carbons (Fsp3) is 0.612. The van der Waals surface area contributed by atoms with E-state index in [0.717, 1.165) is 88.1 Å². The molecule has 15 heteroatoms. The number of carbonyl (C=O) groups is 3. The number of ether oxygens (including phenoxy) is 8. The molecule has 131 heavy (non-hydrogen) atoms. The SMILES string of the molecule is C.C.C.C.C.C.C.C.C.C.C.C.C.C.C.C.C.C.CCC(C)C(=O)O.CCC(C)C(=O)OC.CCC(C)c1ccc(O)cc1.CCC(C)c1ccc(O)cc1.CCC(C)c1ccc(O)cc1.CCC(C)c1ccc(OC(C)=O)cc1.CCC(C)c1ccc(OC(C)OCC(C)C)cc1.CCOC(C)Oc1ccc(C(C)CC)cc1.CCOC(CC)Oc1ccc(C(C)CC)cc1. The topological polar surface area (TPSA) is 206 Å². The number of carboxylic acids is 1. The molecule has 4 N–H and O–H groups in total. The summed E-state index contributed by atoms with van der Waals surface area (Å²) in [5.74, 6) is 7.74. The van der Waals surface area contributed by atoms with Crippen LogP contribution in [0.1, 0.15) is 458 Å². The minimum atomic E-state index is -0.706. The van der Waals surface area contributed by atoms with Crippen LogP contribution in [0.15, 0.2) is 170 Å². The summed E-state index contributed by atoms with van der Waals surface area (Å²) < 4.78 is 42.8. The molecule has 0 aliphatic carbocycles. The smallest absolute Gasteiger partial charge is 0.308 e. The molecule has 0 saturated carbocycles. The molecule has 0 fully saturated rings. The van der Waals surface area contributed by atoms with Gasteiger partial charge in [0.15, 0.2) is 18.9 Å². The maximum atomic E-state index is 10.7. The molecule has 0 bridgehead atoms. The van der Waals surface area contributed by atoms with Crippen LogP contribution in [0.3, 0.4) is 0 Å². The highest BCUT2D eigenvalue weighted by Gasteiger charge is 2.13. The van der Waals surface area contributed by atoms with Crippen molar-refractivity contribution in [2.45, 2.75) is 438 Å². The number of carboxylic acid groups (broad SMARTS) is 1. The van der Waals surface area contributed by atoms with Gasteiger partial charge in [0.2, 0.25) is 0 Å². The fourth-order valence-electron chi connectivity index (χ4n) is 9.84. The van der Waals surface area contributed by atoms with Crippen molar-refractivity contribution in [2.75, 3.05) is 26.9 Å². The van der Waals surface area contributed by atoms with E-state index in [2.05, 4.69) is 159 Å². The van der Waals surface area contributed by atoms with E-state index in [0.29, 0.717) is 83.6 Å². The number of methoxy groups -OCH3 is 1. The summed E-state index contributed by atoms with van der Waals surface area (Å²) in [4.78, 5) is 31.1. The number of esters is 2. The number of aliphatic carboxylic acids is 1. The first-order valence-corrected chi connectivity index (χ1v) is 41.7. The van der Waals surface area contributed by atoms with Gasteiger partial charge >= 0.3 is 17.9 Å². The molecular formula is C116H224O15. The van der Waals surface area contributed by atoms with Gasteiger partial charge in [-0.2, -0.15) is 0 Å². The molecule has 0 radical (unpaired) electrons.